The van der Waals surface area contributed by atoms with Crippen LogP contribution in [0.1, 0.15) is 22.5 Å². The van der Waals surface area contributed by atoms with Crippen LogP contribution in [0.3, 0.4) is 0 Å². The maximum atomic E-state index is 13.6. The average molecular weight is 583 g/mol. The summed E-state index contributed by atoms with van der Waals surface area (Å²) in [6.45, 7) is -1.32. The van der Waals surface area contributed by atoms with Gasteiger partial charge in [-0.05, 0) is 36.4 Å². The number of fused-ring (bicyclic) bond motifs is 3. The number of hydrogen-bond acceptors (Lipinski definition) is 7. The summed E-state index contributed by atoms with van der Waals surface area (Å²) in [5.74, 6) is -2.74. The van der Waals surface area contributed by atoms with Crippen molar-refractivity contribution in [3.05, 3.63) is 59.5 Å². The molecule has 1 aromatic heterocycles. The minimum atomic E-state index is -4.53. The Hall–Kier alpha value is -4.14. The van der Waals surface area contributed by atoms with E-state index in [1.807, 2.05) is 0 Å². The number of benzene rings is 2. The zero-order valence-corrected chi connectivity index (χ0v) is 21.7. The molecule has 2 aliphatic rings. The number of halogens is 4. The third-order valence-corrected chi connectivity index (χ3v) is 7.16. The topological polar surface area (TPSA) is 129 Å². The summed E-state index contributed by atoms with van der Waals surface area (Å²) >= 11 is 0. The SMILES string of the molecule is CS(=O)(=O)CC(=O)Nc1c(-c2ccc(F)cc2)nn2c1C(=O)N[C@@]1(CCOc3cc(OCC(F)(F)F)ccc31)C2. The van der Waals surface area contributed by atoms with Gasteiger partial charge in [-0.2, -0.15) is 18.3 Å². The molecule has 3 aromatic rings. The molecule has 0 radical (unpaired) electrons. The Balaban J connectivity index is 1.54. The number of ether oxygens (including phenoxy) is 2. The van der Waals surface area contributed by atoms with E-state index < -0.39 is 51.5 Å². The smallest absolute Gasteiger partial charge is 0.422 e. The fourth-order valence-corrected chi connectivity index (χ4v) is 5.31. The Morgan fingerprint density at radius 2 is 1.95 bits per heavy atom. The highest BCUT2D eigenvalue weighted by Crippen LogP contribution is 2.44. The van der Waals surface area contributed by atoms with E-state index in [9.17, 15) is 35.6 Å². The molecule has 2 aromatic carbocycles. The molecule has 0 saturated carbocycles. The van der Waals surface area contributed by atoms with Gasteiger partial charge in [-0.15, -0.1) is 0 Å². The fourth-order valence-electron chi connectivity index (χ4n) is 4.76. The van der Waals surface area contributed by atoms with E-state index in [2.05, 4.69) is 15.7 Å². The van der Waals surface area contributed by atoms with Crippen molar-refractivity contribution in [2.24, 2.45) is 0 Å². The molecule has 15 heteroatoms. The molecule has 5 rings (SSSR count). The van der Waals surface area contributed by atoms with Crippen LogP contribution in [0.2, 0.25) is 0 Å². The maximum absolute atomic E-state index is 13.6. The van der Waals surface area contributed by atoms with Gasteiger partial charge in [0.1, 0.15) is 34.5 Å². The van der Waals surface area contributed by atoms with Crippen molar-refractivity contribution >= 4 is 27.3 Å². The van der Waals surface area contributed by atoms with Gasteiger partial charge in [-0.3, -0.25) is 14.3 Å². The molecule has 2 amide bonds. The van der Waals surface area contributed by atoms with Crippen molar-refractivity contribution in [2.45, 2.75) is 24.7 Å². The number of sulfone groups is 1. The predicted molar refractivity (Wildman–Crippen MR) is 133 cm³/mol. The molecule has 40 heavy (non-hydrogen) atoms. The Morgan fingerprint density at radius 1 is 1.23 bits per heavy atom. The third-order valence-electron chi connectivity index (χ3n) is 6.37. The first-order chi connectivity index (χ1) is 18.7. The first-order valence-electron chi connectivity index (χ1n) is 11.9. The number of amides is 2. The van der Waals surface area contributed by atoms with Crippen molar-refractivity contribution in [2.75, 3.05) is 30.5 Å². The molecule has 0 bridgehead atoms. The van der Waals surface area contributed by atoms with Crippen LogP contribution in [-0.4, -0.2) is 61.4 Å². The summed E-state index contributed by atoms with van der Waals surface area (Å²) in [7, 11) is -3.69. The van der Waals surface area contributed by atoms with Crippen LogP contribution in [0.5, 0.6) is 11.5 Å². The zero-order chi connectivity index (χ0) is 28.9. The minimum Gasteiger partial charge on any atom is -0.493 e. The van der Waals surface area contributed by atoms with Crippen LogP contribution in [0.4, 0.5) is 23.2 Å². The molecule has 1 atom stereocenters. The van der Waals surface area contributed by atoms with E-state index in [-0.39, 0.29) is 48.1 Å². The highest BCUT2D eigenvalue weighted by molar-refractivity contribution is 7.91. The molecule has 2 aliphatic heterocycles. The van der Waals surface area contributed by atoms with Gasteiger partial charge in [-0.25, -0.2) is 12.8 Å². The lowest BCUT2D eigenvalue weighted by Crippen LogP contribution is -2.55. The fraction of sp³-hybridized carbons (Fsp3) is 0.320. The van der Waals surface area contributed by atoms with E-state index >= 15 is 0 Å². The normalized spacial score (nSPS) is 18.4. The van der Waals surface area contributed by atoms with Crippen LogP contribution >= 0.6 is 0 Å². The maximum Gasteiger partial charge on any atom is 0.422 e. The van der Waals surface area contributed by atoms with Crippen molar-refractivity contribution < 1.29 is 45.0 Å². The predicted octanol–water partition coefficient (Wildman–Crippen LogP) is 3.03. The number of hydrogen-bond donors (Lipinski definition) is 2. The van der Waals surface area contributed by atoms with Gasteiger partial charge < -0.3 is 20.1 Å². The van der Waals surface area contributed by atoms with E-state index in [4.69, 9.17) is 9.47 Å². The van der Waals surface area contributed by atoms with Gasteiger partial charge in [0.05, 0.1) is 18.7 Å². The van der Waals surface area contributed by atoms with Gasteiger partial charge >= 0.3 is 6.18 Å². The molecule has 3 heterocycles. The lowest BCUT2D eigenvalue weighted by Gasteiger charge is -2.42. The second-order valence-corrected chi connectivity index (χ2v) is 11.7. The summed E-state index contributed by atoms with van der Waals surface area (Å²) in [5.41, 5.74) is -0.203. The lowest BCUT2D eigenvalue weighted by atomic mass is 9.83. The quantitative estimate of drug-likeness (QED) is 0.428. The third kappa shape index (κ3) is 5.59. The van der Waals surface area contributed by atoms with E-state index in [0.29, 0.717) is 11.1 Å². The largest absolute Gasteiger partial charge is 0.493 e. The van der Waals surface area contributed by atoms with Gasteiger partial charge in [0.2, 0.25) is 5.91 Å². The van der Waals surface area contributed by atoms with Crippen LogP contribution < -0.4 is 20.1 Å². The van der Waals surface area contributed by atoms with Gasteiger partial charge in [-0.1, -0.05) is 0 Å². The second kappa shape index (κ2) is 9.80. The lowest BCUT2D eigenvalue weighted by molar-refractivity contribution is -0.153. The first kappa shape index (κ1) is 27.4. The molecular formula is C25H22F4N4O6S. The summed E-state index contributed by atoms with van der Waals surface area (Å²) in [6.07, 6.45) is -3.35. The summed E-state index contributed by atoms with van der Waals surface area (Å²) < 4.78 is 86.6. The number of nitrogens with one attached hydrogen (secondary N) is 2. The van der Waals surface area contributed by atoms with E-state index in [1.54, 1.807) is 0 Å². The molecule has 10 nitrogen and oxygen atoms in total. The van der Waals surface area contributed by atoms with Crippen LogP contribution in [0.15, 0.2) is 42.5 Å². The number of anilines is 1. The Morgan fingerprint density at radius 3 is 2.62 bits per heavy atom. The number of aromatic nitrogens is 2. The highest BCUT2D eigenvalue weighted by atomic mass is 32.2. The molecule has 0 aliphatic carbocycles. The molecule has 0 unspecified atom stereocenters. The molecule has 2 N–H and O–H groups in total. The molecule has 0 fully saturated rings. The van der Waals surface area contributed by atoms with Crippen molar-refractivity contribution in [1.82, 2.24) is 15.1 Å². The Labute approximate surface area is 225 Å². The van der Waals surface area contributed by atoms with E-state index in [0.717, 1.165) is 6.26 Å². The standard InChI is InChI=1S/C25H22F4N4O6S/c1-40(36,37)11-19(34)30-21-20(14-2-4-15(26)5-3-14)32-33-12-24(31-23(35)22(21)33)8-9-38-18-10-16(6-7-17(18)24)39-13-25(27,28)29/h2-7,10H,8-9,11-13H2,1H3,(H,30,34)(H,31,35)/t24-/m0/s1. The molecular weight excluding hydrogens is 560 g/mol. The van der Waals surface area contributed by atoms with Gasteiger partial charge in [0, 0.05) is 29.9 Å². The summed E-state index contributed by atoms with van der Waals surface area (Å²) in [4.78, 5) is 26.1. The van der Waals surface area contributed by atoms with Gasteiger partial charge in [0.25, 0.3) is 5.91 Å². The number of rotatable bonds is 6. The highest BCUT2D eigenvalue weighted by Gasteiger charge is 2.46. The zero-order valence-electron chi connectivity index (χ0n) is 20.8. The second-order valence-electron chi connectivity index (χ2n) is 9.55. The van der Waals surface area contributed by atoms with Crippen LogP contribution in [-0.2, 0) is 26.7 Å². The molecule has 0 saturated heterocycles. The monoisotopic (exact) mass is 582 g/mol. The number of carbonyl (C=O) groups is 2. The number of alkyl halides is 3. The number of carbonyl (C=O) groups excluding carboxylic acids is 2. The number of nitrogens with zero attached hydrogens (tertiary/aromatic N) is 2. The Kier molecular flexibility index (Phi) is 6.72. The minimum absolute atomic E-state index is 0.0450. The average Bonchev–Trinajstić information content (AvgIpc) is 3.19. The Bertz CT molecular complexity index is 1600. The summed E-state index contributed by atoms with van der Waals surface area (Å²) in [5, 5.41) is 9.93. The van der Waals surface area contributed by atoms with Crippen LogP contribution in [0, 0.1) is 5.82 Å². The van der Waals surface area contributed by atoms with Gasteiger partial charge in [0.15, 0.2) is 22.1 Å². The van der Waals surface area contributed by atoms with Crippen molar-refractivity contribution in [3.63, 3.8) is 0 Å². The molecule has 1 spiro atoms. The molecule has 212 valence electrons. The van der Waals surface area contributed by atoms with Crippen LogP contribution in [0.25, 0.3) is 11.3 Å². The van der Waals surface area contributed by atoms with Crippen molar-refractivity contribution in [3.8, 4) is 22.8 Å². The summed E-state index contributed by atoms with van der Waals surface area (Å²) in [6, 6.07) is 9.30. The van der Waals surface area contributed by atoms with Crippen molar-refractivity contribution in [1.29, 1.82) is 0 Å². The van der Waals surface area contributed by atoms with E-state index in [1.165, 1.54) is 47.1 Å². The first-order valence-corrected chi connectivity index (χ1v) is 13.9.